The Hall–Kier alpha value is -2.06. The van der Waals surface area contributed by atoms with Gasteiger partial charge in [0, 0.05) is 12.7 Å². The molecule has 0 aliphatic carbocycles. The number of carbonyl (C=O) groups is 2. The fourth-order valence-corrected chi connectivity index (χ4v) is 1.66. The molecule has 0 aromatic carbocycles. The Morgan fingerprint density at radius 3 is 2.68 bits per heavy atom. The molecule has 0 radical (unpaired) electrons. The van der Waals surface area contributed by atoms with Gasteiger partial charge in [-0.25, -0.2) is 9.78 Å². The fraction of sp³-hybridized carbons (Fsp3) is 0.500. The molecule has 0 bridgehead atoms. The third kappa shape index (κ3) is 5.05. The zero-order chi connectivity index (χ0) is 16.9. The molecule has 1 heterocycles. The van der Waals surface area contributed by atoms with Gasteiger partial charge >= 0.3 is 6.09 Å². The van der Waals surface area contributed by atoms with Crippen molar-refractivity contribution in [3.05, 3.63) is 29.3 Å². The maximum absolute atomic E-state index is 13.3. The summed E-state index contributed by atoms with van der Waals surface area (Å²) in [4.78, 5) is 25.6. The molecule has 2 atom stereocenters. The van der Waals surface area contributed by atoms with Crippen LogP contribution in [-0.2, 0) is 4.74 Å². The van der Waals surface area contributed by atoms with Crippen molar-refractivity contribution >= 4 is 12.4 Å². The Kier molecular flexibility index (Phi) is 5.95. The van der Waals surface area contributed by atoms with E-state index in [2.05, 4.69) is 10.3 Å². The van der Waals surface area contributed by atoms with E-state index in [1.54, 1.807) is 20.8 Å². The van der Waals surface area contributed by atoms with Gasteiger partial charge < -0.3 is 20.3 Å². The third-order valence-electron chi connectivity index (χ3n) is 2.63. The molecule has 0 fully saturated rings. The summed E-state index contributed by atoms with van der Waals surface area (Å²) in [7, 11) is 0. The molecule has 3 N–H and O–H groups in total. The lowest BCUT2D eigenvalue weighted by Gasteiger charge is -2.22. The number of nitrogens with zero attached hydrogens (tertiary/aromatic N) is 1. The van der Waals surface area contributed by atoms with Crippen molar-refractivity contribution in [2.45, 2.75) is 38.6 Å². The highest BCUT2D eigenvalue weighted by Crippen LogP contribution is 2.21. The minimum absolute atomic E-state index is 0.110. The lowest BCUT2D eigenvalue weighted by Crippen LogP contribution is -2.39. The average molecular weight is 314 g/mol. The predicted molar refractivity (Wildman–Crippen MR) is 74.8 cm³/mol. The van der Waals surface area contributed by atoms with Gasteiger partial charge in [-0.15, -0.1) is 0 Å². The number of aldehydes is 1. The van der Waals surface area contributed by atoms with E-state index in [0.29, 0.717) is 0 Å². The number of aromatic nitrogens is 1. The zero-order valence-corrected chi connectivity index (χ0v) is 12.5. The quantitative estimate of drug-likeness (QED) is 0.551. The Morgan fingerprint density at radius 1 is 1.50 bits per heavy atom. The second-order valence-corrected chi connectivity index (χ2v) is 5.62. The van der Waals surface area contributed by atoms with Gasteiger partial charge in [-0.2, -0.15) is 4.39 Å². The van der Waals surface area contributed by atoms with Crippen molar-refractivity contribution in [2.75, 3.05) is 6.54 Å². The molecule has 0 saturated heterocycles. The van der Waals surface area contributed by atoms with E-state index in [4.69, 9.17) is 4.74 Å². The molecule has 1 amide bonds. The first kappa shape index (κ1) is 18.0. The molecule has 122 valence electrons. The molecule has 0 aliphatic heterocycles. The largest absolute Gasteiger partial charge is 0.444 e. The Balaban J connectivity index is 2.70. The molecular weight excluding hydrogens is 295 g/mol. The third-order valence-corrected chi connectivity index (χ3v) is 2.63. The maximum Gasteiger partial charge on any atom is 0.407 e. The lowest BCUT2D eigenvalue weighted by atomic mass is 10.0. The van der Waals surface area contributed by atoms with Gasteiger partial charge in [0.05, 0.1) is 5.56 Å². The summed E-state index contributed by atoms with van der Waals surface area (Å²) < 4.78 is 18.3. The van der Waals surface area contributed by atoms with E-state index in [9.17, 15) is 24.2 Å². The molecular formula is C14H19FN2O5. The van der Waals surface area contributed by atoms with E-state index in [-0.39, 0.29) is 18.4 Å². The number of hydrogen-bond donors (Lipinski definition) is 3. The number of rotatable bonds is 5. The summed E-state index contributed by atoms with van der Waals surface area (Å²) >= 11 is 0. The van der Waals surface area contributed by atoms with Crippen LogP contribution in [0.1, 0.15) is 42.8 Å². The summed E-state index contributed by atoms with van der Waals surface area (Å²) in [6, 6.07) is 1.22. The van der Waals surface area contributed by atoms with Crippen molar-refractivity contribution in [1.29, 1.82) is 0 Å². The van der Waals surface area contributed by atoms with Gasteiger partial charge in [0.2, 0.25) is 5.95 Å². The van der Waals surface area contributed by atoms with E-state index in [0.717, 1.165) is 6.20 Å². The Bertz CT molecular complexity index is 545. The molecule has 22 heavy (non-hydrogen) atoms. The monoisotopic (exact) mass is 314 g/mol. The molecule has 0 saturated carbocycles. The smallest absolute Gasteiger partial charge is 0.407 e. The van der Waals surface area contributed by atoms with Crippen LogP contribution in [0.5, 0.6) is 0 Å². The summed E-state index contributed by atoms with van der Waals surface area (Å²) in [6.45, 7) is 4.69. The molecule has 7 nitrogen and oxygen atoms in total. The van der Waals surface area contributed by atoms with Crippen LogP contribution in [0.4, 0.5) is 9.18 Å². The number of alkyl carbamates (subject to hydrolysis) is 1. The van der Waals surface area contributed by atoms with E-state index in [1.165, 1.54) is 6.07 Å². The van der Waals surface area contributed by atoms with E-state index in [1.807, 2.05) is 0 Å². The van der Waals surface area contributed by atoms with Crippen LogP contribution in [-0.4, -0.2) is 45.8 Å². The number of ether oxygens (including phenoxy) is 1. The summed E-state index contributed by atoms with van der Waals surface area (Å²) in [5, 5.41) is 22.1. The van der Waals surface area contributed by atoms with Crippen molar-refractivity contribution in [1.82, 2.24) is 10.3 Å². The van der Waals surface area contributed by atoms with Gasteiger partial charge in [0.25, 0.3) is 0 Å². The molecule has 1 aromatic heterocycles. The number of pyridine rings is 1. The van der Waals surface area contributed by atoms with Crippen molar-refractivity contribution in [3.63, 3.8) is 0 Å². The van der Waals surface area contributed by atoms with Crippen molar-refractivity contribution in [2.24, 2.45) is 0 Å². The first-order chi connectivity index (χ1) is 10.2. The molecule has 8 heteroatoms. The van der Waals surface area contributed by atoms with Gasteiger partial charge in [-0.05, 0) is 32.4 Å². The van der Waals surface area contributed by atoms with Crippen molar-refractivity contribution in [3.8, 4) is 0 Å². The second-order valence-electron chi connectivity index (χ2n) is 5.62. The van der Waals surface area contributed by atoms with Crippen LogP contribution >= 0.6 is 0 Å². The number of amides is 1. The average Bonchev–Trinajstić information content (AvgIpc) is 2.41. The summed E-state index contributed by atoms with van der Waals surface area (Å²) in [6.07, 6.45) is -2.51. The fourth-order valence-electron chi connectivity index (χ4n) is 1.66. The van der Waals surface area contributed by atoms with Crippen LogP contribution < -0.4 is 5.32 Å². The normalized spacial score (nSPS) is 14.1. The highest BCUT2D eigenvalue weighted by molar-refractivity contribution is 5.77. The zero-order valence-electron chi connectivity index (χ0n) is 12.5. The molecule has 0 aliphatic rings. The SMILES string of the molecule is CC(C)(C)OC(=O)NCC(O)C(O)c1ccnc(F)c1C=O. The van der Waals surface area contributed by atoms with Gasteiger partial charge in [-0.1, -0.05) is 0 Å². The summed E-state index contributed by atoms with van der Waals surface area (Å²) in [5.74, 6) is -1.04. The molecule has 0 spiro atoms. The summed E-state index contributed by atoms with van der Waals surface area (Å²) in [5.41, 5.74) is -1.25. The number of carbonyl (C=O) groups excluding carboxylic acids is 2. The van der Waals surface area contributed by atoms with Crippen LogP contribution in [0.3, 0.4) is 0 Å². The van der Waals surface area contributed by atoms with Crippen LogP contribution in [0.15, 0.2) is 12.3 Å². The standard InChI is InChI=1S/C14H19FN2O5/c1-14(2,3)22-13(21)17-6-10(19)11(20)8-4-5-16-12(15)9(8)7-18/h4-5,7,10-11,19-20H,6H2,1-3H3,(H,17,21). The number of hydrogen-bond acceptors (Lipinski definition) is 6. The lowest BCUT2D eigenvalue weighted by molar-refractivity contribution is 0.0124. The van der Waals surface area contributed by atoms with E-state index >= 15 is 0 Å². The van der Waals surface area contributed by atoms with E-state index < -0.39 is 35.4 Å². The number of nitrogens with one attached hydrogen (secondary N) is 1. The molecule has 1 rings (SSSR count). The number of aliphatic hydroxyl groups excluding tert-OH is 2. The highest BCUT2D eigenvalue weighted by atomic mass is 19.1. The van der Waals surface area contributed by atoms with Crippen molar-refractivity contribution < 1.29 is 28.9 Å². The van der Waals surface area contributed by atoms with Gasteiger partial charge in [0.1, 0.15) is 17.8 Å². The first-order valence-corrected chi connectivity index (χ1v) is 6.58. The minimum Gasteiger partial charge on any atom is -0.444 e. The Morgan fingerprint density at radius 2 is 2.14 bits per heavy atom. The van der Waals surface area contributed by atoms with Crippen LogP contribution in [0.2, 0.25) is 0 Å². The first-order valence-electron chi connectivity index (χ1n) is 6.58. The topological polar surface area (TPSA) is 109 Å². The molecule has 1 aromatic rings. The molecule has 2 unspecified atom stereocenters. The number of aliphatic hydroxyl groups is 2. The van der Waals surface area contributed by atoms with Gasteiger partial charge in [0.15, 0.2) is 6.29 Å². The van der Waals surface area contributed by atoms with Crippen LogP contribution in [0, 0.1) is 5.95 Å². The highest BCUT2D eigenvalue weighted by Gasteiger charge is 2.24. The number of halogens is 1. The predicted octanol–water partition coefficient (Wildman–Crippen LogP) is 0.952. The maximum atomic E-state index is 13.3. The minimum atomic E-state index is -1.56. The van der Waals surface area contributed by atoms with Gasteiger partial charge in [-0.3, -0.25) is 4.79 Å². The van der Waals surface area contributed by atoms with Crippen LogP contribution in [0.25, 0.3) is 0 Å². The Labute approximate surface area is 127 Å². The second kappa shape index (κ2) is 7.28.